The number of ether oxygens (including phenoxy) is 1. The Balaban J connectivity index is 2.25. The zero-order valence-corrected chi connectivity index (χ0v) is 17.8. The second-order valence-corrected chi connectivity index (χ2v) is 9.09. The molecule has 2 aromatic carbocycles. The molecule has 2 rings (SSSR count). The molecule has 0 saturated heterocycles. The quantitative estimate of drug-likeness (QED) is 0.646. The average Bonchev–Trinajstić information content (AvgIpc) is 2.68. The SMILES string of the molecule is CCOC(=O)C(Cc1ccccc1)NS(=O)(=O)c1ccc(C(C)(C)CC)cc1. The lowest BCUT2D eigenvalue weighted by atomic mass is 9.82. The van der Waals surface area contributed by atoms with Crippen LogP contribution in [0.2, 0.25) is 0 Å². The molecule has 0 saturated carbocycles. The lowest BCUT2D eigenvalue weighted by Crippen LogP contribution is -2.43. The summed E-state index contributed by atoms with van der Waals surface area (Å²) in [5.41, 5.74) is 1.89. The van der Waals surface area contributed by atoms with E-state index < -0.39 is 22.0 Å². The van der Waals surface area contributed by atoms with Gasteiger partial charge in [-0.2, -0.15) is 4.72 Å². The molecule has 5 nitrogen and oxygen atoms in total. The normalized spacial score (nSPS) is 13.1. The molecule has 0 spiro atoms. The minimum atomic E-state index is -3.86. The van der Waals surface area contributed by atoms with E-state index in [-0.39, 0.29) is 23.3 Å². The fraction of sp³-hybridized carbons (Fsp3) is 0.409. The van der Waals surface area contributed by atoms with Gasteiger partial charge in [-0.25, -0.2) is 8.42 Å². The molecular weight excluding hydrogens is 374 g/mol. The molecule has 0 fully saturated rings. The Morgan fingerprint density at radius 2 is 1.64 bits per heavy atom. The topological polar surface area (TPSA) is 72.5 Å². The van der Waals surface area contributed by atoms with Gasteiger partial charge in [0.15, 0.2) is 0 Å². The minimum absolute atomic E-state index is 0.0313. The van der Waals surface area contributed by atoms with Gasteiger partial charge in [0.2, 0.25) is 10.0 Å². The Bertz CT molecular complexity index is 875. The van der Waals surface area contributed by atoms with Crippen LogP contribution in [0, 0.1) is 0 Å². The van der Waals surface area contributed by atoms with E-state index in [9.17, 15) is 13.2 Å². The van der Waals surface area contributed by atoms with Crippen molar-refractivity contribution < 1.29 is 17.9 Å². The largest absolute Gasteiger partial charge is 0.465 e. The highest BCUT2D eigenvalue weighted by Gasteiger charge is 2.27. The van der Waals surface area contributed by atoms with Crippen LogP contribution in [-0.4, -0.2) is 27.0 Å². The van der Waals surface area contributed by atoms with E-state index >= 15 is 0 Å². The van der Waals surface area contributed by atoms with E-state index in [0.717, 1.165) is 17.5 Å². The molecule has 0 aliphatic heterocycles. The van der Waals surface area contributed by atoms with Crippen LogP contribution < -0.4 is 4.72 Å². The summed E-state index contributed by atoms with van der Waals surface area (Å²) >= 11 is 0. The molecule has 2 aromatic rings. The van der Waals surface area contributed by atoms with E-state index in [1.54, 1.807) is 19.1 Å². The number of hydrogen-bond acceptors (Lipinski definition) is 4. The van der Waals surface area contributed by atoms with Crippen LogP contribution in [0.1, 0.15) is 45.2 Å². The van der Waals surface area contributed by atoms with E-state index in [2.05, 4.69) is 25.5 Å². The van der Waals surface area contributed by atoms with Crippen molar-refractivity contribution >= 4 is 16.0 Å². The maximum absolute atomic E-state index is 12.9. The van der Waals surface area contributed by atoms with Crippen molar-refractivity contribution in [3.63, 3.8) is 0 Å². The molecule has 0 aliphatic rings. The van der Waals surface area contributed by atoms with Crippen LogP contribution in [0.5, 0.6) is 0 Å². The standard InChI is InChI=1S/C22H29NO4S/c1-5-22(3,4)18-12-14-19(15-13-18)28(25,26)23-20(21(24)27-6-2)16-17-10-8-7-9-11-17/h7-15,20,23H,5-6,16H2,1-4H3. The van der Waals surface area contributed by atoms with E-state index in [1.807, 2.05) is 42.5 Å². The molecule has 28 heavy (non-hydrogen) atoms. The summed E-state index contributed by atoms with van der Waals surface area (Å²) in [6.45, 7) is 8.21. The third kappa shape index (κ3) is 5.66. The molecule has 0 aromatic heterocycles. The van der Waals surface area contributed by atoms with Crippen LogP contribution >= 0.6 is 0 Å². The van der Waals surface area contributed by atoms with Gasteiger partial charge in [0.25, 0.3) is 0 Å². The highest BCUT2D eigenvalue weighted by atomic mass is 32.2. The number of hydrogen-bond donors (Lipinski definition) is 1. The molecule has 0 aliphatic carbocycles. The van der Waals surface area contributed by atoms with E-state index in [1.165, 1.54) is 0 Å². The van der Waals surface area contributed by atoms with Gasteiger partial charge in [0.05, 0.1) is 11.5 Å². The molecule has 0 amide bonds. The fourth-order valence-corrected chi connectivity index (χ4v) is 4.00. The zero-order valence-electron chi connectivity index (χ0n) is 16.9. The second-order valence-electron chi connectivity index (χ2n) is 7.38. The van der Waals surface area contributed by atoms with Gasteiger partial charge in [0.1, 0.15) is 6.04 Å². The van der Waals surface area contributed by atoms with Crippen LogP contribution in [0.3, 0.4) is 0 Å². The second kappa shape index (κ2) is 9.34. The van der Waals surface area contributed by atoms with Gasteiger partial charge in [-0.1, -0.05) is 63.2 Å². The summed E-state index contributed by atoms with van der Waals surface area (Å²) in [5, 5.41) is 0. The molecule has 152 valence electrons. The van der Waals surface area contributed by atoms with Crippen LogP contribution in [-0.2, 0) is 31.4 Å². The number of sulfonamides is 1. The van der Waals surface area contributed by atoms with E-state index in [4.69, 9.17) is 4.74 Å². The first-order valence-corrected chi connectivity index (χ1v) is 11.0. The summed E-state index contributed by atoms with van der Waals surface area (Å²) < 4.78 is 33.3. The predicted octanol–water partition coefficient (Wildman–Crippen LogP) is 3.83. The van der Waals surface area contributed by atoms with Crippen molar-refractivity contribution in [1.82, 2.24) is 4.72 Å². The first-order chi connectivity index (χ1) is 13.2. The van der Waals surface area contributed by atoms with Crippen LogP contribution in [0.4, 0.5) is 0 Å². The average molecular weight is 404 g/mol. The number of esters is 1. The first kappa shape index (κ1) is 22.1. The minimum Gasteiger partial charge on any atom is -0.465 e. The van der Waals surface area contributed by atoms with Gasteiger partial charge < -0.3 is 4.74 Å². The summed E-state index contributed by atoms with van der Waals surface area (Å²) in [5.74, 6) is -0.585. The van der Waals surface area contributed by atoms with Gasteiger partial charge in [0, 0.05) is 0 Å². The lowest BCUT2D eigenvalue weighted by molar-refractivity contribution is -0.145. The van der Waals surface area contributed by atoms with Gasteiger partial charge in [-0.15, -0.1) is 0 Å². The third-order valence-electron chi connectivity index (χ3n) is 4.98. The molecule has 0 bridgehead atoms. The summed E-state index contributed by atoms with van der Waals surface area (Å²) in [7, 11) is -3.86. The molecule has 1 atom stereocenters. The number of nitrogens with one attached hydrogen (secondary N) is 1. The molecule has 6 heteroatoms. The molecule has 0 radical (unpaired) electrons. The van der Waals surface area contributed by atoms with Crippen molar-refractivity contribution in [1.29, 1.82) is 0 Å². The van der Waals surface area contributed by atoms with Crippen molar-refractivity contribution in [2.75, 3.05) is 6.61 Å². The molecule has 0 heterocycles. The van der Waals surface area contributed by atoms with Crippen molar-refractivity contribution in [3.8, 4) is 0 Å². The van der Waals surface area contributed by atoms with Crippen molar-refractivity contribution in [2.24, 2.45) is 0 Å². The summed E-state index contributed by atoms with van der Waals surface area (Å²) in [4.78, 5) is 12.5. The monoisotopic (exact) mass is 403 g/mol. The lowest BCUT2D eigenvalue weighted by Gasteiger charge is -2.23. The maximum Gasteiger partial charge on any atom is 0.324 e. The van der Waals surface area contributed by atoms with Gasteiger partial charge >= 0.3 is 5.97 Å². The Kier molecular flexibility index (Phi) is 7.38. The summed E-state index contributed by atoms with van der Waals surface area (Å²) in [6.07, 6.45) is 1.17. The van der Waals surface area contributed by atoms with Crippen LogP contribution in [0.25, 0.3) is 0 Å². The number of carbonyl (C=O) groups excluding carboxylic acids is 1. The fourth-order valence-electron chi connectivity index (χ4n) is 2.81. The van der Waals surface area contributed by atoms with Crippen molar-refractivity contribution in [3.05, 3.63) is 65.7 Å². The Hall–Kier alpha value is -2.18. The zero-order chi connectivity index (χ0) is 20.8. The van der Waals surface area contributed by atoms with Gasteiger partial charge in [-0.05, 0) is 48.4 Å². The highest BCUT2D eigenvalue weighted by Crippen LogP contribution is 2.27. The summed E-state index contributed by atoms with van der Waals surface area (Å²) in [6, 6.07) is 15.1. The first-order valence-electron chi connectivity index (χ1n) is 9.53. The molecule has 1 N–H and O–H groups in total. The number of benzene rings is 2. The smallest absolute Gasteiger partial charge is 0.324 e. The van der Waals surface area contributed by atoms with E-state index in [0.29, 0.717) is 0 Å². The Morgan fingerprint density at radius 1 is 1.04 bits per heavy atom. The highest BCUT2D eigenvalue weighted by molar-refractivity contribution is 7.89. The third-order valence-corrected chi connectivity index (χ3v) is 6.47. The maximum atomic E-state index is 12.9. The number of carbonyl (C=O) groups is 1. The van der Waals surface area contributed by atoms with Gasteiger partial charge in [-0.3, -0.25) is 4.79 Å². The number of rotatable bonds is 9. The molecule has 1 unspecified atom stereocenters. The van der Waals surface area contributed by atoms with Crippen LogP contribution in [0.15, 0.2) is 59.5 Å². The van der Waals surface area contributed by atoms with Crippen molar-refractivity contribution in [2.45, 2.75) is 56.9 Å². The predicted molar refractivity (Wildman–Crippen MR) is 111 cm³/mol. The molecular formula is C22H29NO4S. The Morgan fingerprint density at radius 3 is 2.18 bits per heavy atom. The Labute approximate surface area is 168 Å².